The molecule has 0 bridgehead atoms. The van der Waals surface area contributed by atoms with Crippen LogP contribution in [0.25, 0.3) is 5.57 Å². The highest BCUT2D eigenvalue weighted by molar-refractivity contribution is 6.00. The van der Waals surface area contributed by atoms with Gasteiger partial charge in [-0.15, -0.1) is 0 Å². The third-order valence-corrected chi connectivity index (χ3v) is 3.06. The van der Waals surface area contributed by atoms with Gasteiger partial charge in [0.25, 0.3) is 0 Å². The molecular weight excluding hydrogens is 212 g/mol. The maximum atomic E-state index is 11.7. The van der Waals surface area contributed by atoms with Crippen LogP contribution in [0.5, 0.6) is 0 Å². The van der Waals surface area contributed by atoms with Crippen molar-refractivity contribution in [2.75, 3.05) is 5.73 Å². The number of rotatable bonds is 1. The van der Waals surface area contributed by atoms with Gasteiger partial charge in [0.1, 0.15) is 5.82 Å². The Morgan fingerprint density at radius 3 is 2.71 bits per heavy atom. The maximum Gasteiger partial charge on any atom is 0.156 e. The van der Waals surface area contributed by atoms with Gasteiger partial charge in [-0.1, -0.05) is 13.8 Å². The van der Waals surface area contributed by atoms with Crippen molar-refractivity contribution in [1.29, 1.82) is 0 Å². The van der Waals surface area contributed by atoms with Crippen molar-refractivity contribution >= 4 is 17.2 Å². The average Bonchev–Trinajstić information content (AvgIpc) is 2.18. The first-order valence-electron chi connectivity index (χ1n) is 5.83. The second-order valence-electron chi connectivity index (χ2n) is 5.60. The summed E-state index contributed by atoms with van der Waals surface area (Å²) >= 11 is 0. The summed E-state index contributed by atoms with van der Waals surface area (Å²) in [5, 5.41) is 0. The molecule has 0 aromatic carbocycles. The van der Waals surface area contributed by atoms with Crippen molar-refractivity contribution < 1.29 is 4.79 Å². The molecule has 0 aliphatic heterocycles. The van der Waals surface area contributed by atoms with E-state index in [4.69, 9.17) is 5.73 Å². The van der Waals surface area contributed by atoms with E-state index in [1.165, 1.54) is 0 Å². The minimum Gasteiger partial charge on any atom is -0.383 e. The summed E-state index contributed by atoms with van der Waals surface area (Å²) in [6.07, 6.45) is 4.94. The summed E-state index contributed by atoms with van der Waals surface area (Å²) in [5.41, 5.74) is 8.89. The molecule has 3 heteroatoms. The summed E-state index contributed by atoms with van der Waals surface area (Å²) < 4.78 is 0. The molecule has 0 amide bonds. The number of anilines is 1. The Hall–Kier alpha value is -1.64. The number of pyridine rings is 1. The molecule has 3 nitrogen and oxygen atoms in total. The van der Waals surface area contributed by atoms with E-state index >= 15 is 0 Å². The molecule has 1 heterocycles. The number of ketones is 1. The Labute approximate surface area is 102 Å². The predicted molar refractivity (Wildman–Crippen MR) is 69.4 cm³/mol. The summed E-state index contributed by atoms with van der Waals surface area (Å²) in [4.78, 5) is 15.9. The highest BCUT2D eigenvalue weighted by Crippen LogP contribution is 2.39. The zero-order valence-corrected chi connectivity index (χ0v) is 10.6. The SMILES string of the molecule is Cc1cnc(N)c(C2=CC(=O)CC(C)(C)C2)c1. The van der Waals surface area contributed by atoms with E-state index < -0.39 is 0 Å². The third-order valence-electron chi connectivity index (χ3n) is 3.06. The molecule has 0 fully saturated rings. The lowest BCUT2D eigenvalue weighted by atomic mass is 9.75. The maximum absolute atomic E-state index is 11.7. The Balaban J connectivity index is 2.46. The lowest BCUT2D eigenvalue weighted by Gasteiger charge is -2.29. The van der Waals surface area contributed by atoms with Gasteiger partial charge in [-0.3, -0.25) is 4.79 Å². The number of carbonyl (C=O) groups excluding carboxylic acids is 1. The molecule has 90 valence electrons. The molecule has 0 saturated carbocycles. The highest BCUT2D eigenvalue weighted by atomic mass is 16.1. The molecule has 1 aliphatic rings. The molecular formula is C14H18N2O. The molecule has 0 unspecified atom stereocenters. The van der Waals surface area contributed by atoms with E-state index in [0.717, 1.165) is 23.1 Å². The molecule has 0 radical (unpaired) electrons. The zero-order valence-electron chi connectivity index (χ0n) is 10.6. The van der Waals surface area contributed by atoms with E-state index in [0.29, 0.717) is 12.2 Å². The molecule has 2 rings (SSSR count). The van der Waals surface area contributed by atoms with Crippen LogP contribution >= 0.6 is 0 Å². The lowest BCUT2D eigenvalue weighted by Crippen LogP contribution is -2.21. The van der Waals surface area contributed by atoms with Crippen LogP contribution in [0, 0.1) is 12.3 Å². The molecule has 2 N–H and O–H groups in total. The number of aromatic nitrogens is 1. The fourth-order valence-corrected chi connectivity index (χ4v) is 2.36. The normalized spacial score (nSPS) is 19.0. The number of hydrogen-bond donors (Lipinski definition) is 1. The van der Waals surface area contributed by atoms with Crippen LogP contribution in [0.2, 0.25) is 0 Å². The Morgan fingerprint density at radius 2 is 2.06 bits per heavy atom. The first-order chi connectivity index (χ1) is 7.87. The number of carbonyl (C=O) groups is 1. The molecule has 0 atom stereocenters. The van der Waals surface area contributed by atoms with Gasteiger partial charge in [0, 0.05) is 18.2 Å². The van der Waals surface area contributed by atoms with E-state index in [9.17, 15) is 4.79 Å². The topological polar surface area (TPSA) is 56.0 Å². The van der Waals surface area contributed by atoms with Gasteiger partial charge in [-0.25, -0.2) is 4.98 Å². The van der Waals surface area contributed by atoms with Gasteiger partial charge in [0.2, 0.25) is 0 Å². The minimum absolute atomic E-state index is 0.0113. The van der Waals surface area contributed by atoms with Crippen molar-refractivity contribution in [1.82, 2.24) is 4.98 Å². The summed E-state index contributed by atoms with van der Waals surface area (Å²) in [7, 11) is 0. The van der Waals surface area contributed by atoms with Gasteiger partial charge in [-0.05, 0) is 42.0 Å². The molecule has 1 aromatic rings. The first-order valence-corrected chi connectivity index (χ1v) is 5.83. The van der Waals surface area contributed by atoms with Crippen molar-refractivity contribution in [3.8, 4) is 0 Å². The van der Waals surface area contributed by atoms with Gasteiger partial charge >= 0.3 is 0 Å². The summed E-state index contributed by atoms with van der Waals surface area (Å²) in [6, 6.07) is 2.00. The fraction of sp³-hybridized carbons (Fsp3) is 0.429. The van der Waals surface area contributed by atoms with E-state index in [2.05, 4.69) is 18.8 Å². The Morgan fingerprint density at radius 1 is 1.35 bits per heavy atom. The monoisotopic (exact) mass is 230 g/mol. The van der Waals surface area contributed by atoms with Crippen LogP contribution in [0.15, 0.2) is 18.3 Å². The number of hydrogen-bond acceptors (Lipinski definition) is 3. The van der Waals surface area contributed by atoms with Crippen LogP contribution in [-0.4, -0.2) is 10.8 Å². The average molecular weight is 230 g/mol. The van der Waals surface area contributed by atoms with E-state index in [1.54, 1.807) is 12.3 Å². The second kappa shape index (κ2) is 3.99. The van der Waals surface area contributed by atoms with Gasteiger partial charge in [-0.2, -0.15) is 0 Å². The fourth-order valence-electron chi connectivity index (χ4n) is 2.36. The summed E-state index contributed by atoms with van der Waals surface area (Å²) in [5.74, 6) is 0.685. The number of allylic oxidation sites excluding steroid dienone is 2. The smallest absolute Gasteiger partial charge is 0.156 e. The van der Waals surface area contributed by atoms with Crippen molar-refractivity contribution in [2.24, 2.45) is 5.41 Å². The zero-order chi connectivity index (χ0) is 12.6. The van der Waals surface area contributed by atoms with E-state index in [-0.39, 0.29) is 11.2 Å². The molecule has 0 saturated heterocycles. The van der Waals surface area contributed by atoms with Crippen LogP contribution < -0.4 is 5.73 Å². The number of nitrogens with zero attached hydrogens (tertiary/aromatic N) is 1. The van der Waals surface area contributed by atoms with Crippen LogP contribution in [0.1, 0.15) is 37.8 Å². The minimum atomic E-state index is 0.0113. The van der Waals surface area contributed by atoms with Crippen LogP contribution in [0.4, 0.5) is 5.82 Å². The van der Waals surface area contributed by atoms with Crippen molar-refractivity contribution in [3.05, 3.63) is 29.5 Å². The lowest BCUT2D eigenvalue weighted by molar-refractivity contribution is -0.116. The largest absolute Gasteiger partial charge is 0.383 e. The van der Waals surface area contributed by atoms with Crippen molar-refractivity contribution in [3.63, 3.8) is 0 Å². The second-order valence-corrected chi connectivity index (χ2v) is 5.60. The standard InChI is InChI=1S/C14H18N2O/c1-9-4-12(13(15)16-8-9)10-5-11(17)7-14(2,3)6-10/h4-5,8H,6-7H2,1-3H3,(H2,15,16). The molecule has 1 aromatic heterocycles. The van der Waals surface area contributed by atoms with Crippen molar-refractivity contribution in [2.45, 2.75) is 33.6 Å². The third kappa shape index (κ3) is 2.54. The number of nitrogens with two attached hydrogens (primary N) is 1. The summed E-state index contributed by atoms with van der Waals surface area (Å²) in [6.45, 7) is 6.20. The van der Waals surface area contributed by atoms with Gasteiger partial charge in [0.15, 0.2) is 5.78 Å². The first kappa shape index (κ1) is 11.8. The van der Waals surface area contributed by atoms with E-state index in [1.807, 2.05) is 13.0 Å². The molecule has 0 spiro atoms. The number of aryl methyl sites for hydroxylation is 1. The quantitative estimate of drug-likeness (QED) is 0.807. The Kier molecular flexibility index (Phi) is 2.77. The van der Waals surface area contributed by atoms with Crippen LogP contribution in [0.3, 0.4) is 0 Å². The number of nitrogen functional groups attached to an aromatic ring is 1. The predicted octanol–water partition coefficient (Wildman–Crippen LogP) is 2.74. The van der Waals surface area contributed by atoms with Crippen LogP contribution in [-0.2, 0) is 4.79 Å². The Bertz CT molecular complexity index is 501. The highest BCUT2D eigenvalue weighted by Gasteiger charge is 2.28. The molecule has 17 heavy (non-hydrogen) atoms. The van der Waals surface area contributed by atoms with Gasteiger partial charge < -0.3 is 5.73 Å². The molecule has 1 aliphatic carbocycles. The van der Waals surface area contributed by atoms with Gasteiger partial charge in [0.05, 0.1) is 0 Å².